The highest BCUT2D eigenvalue weighted by Crippen LogP contribution is 2.16. The molecule has 0 aliphatic rings. The summed E-state index contributed by atoms with van der Waals surface area (Å²) in [6.45, 7) is 2.08. The van der Waals surface area contributed by atoms with E-state index in [1.54, 1.807) is 6.07 Å². The lowest BCUT2D eigenvalue weighted by Crippen LogP contribution is -2.28. The zero-order chi connectivity index (χ0) is 13.7. The number of nitrogens with zero attached hydrogens (tertiary/aromatic N) is 2. The summed E-state index contributed by atoms with van der Waals surface area (Å²) < 4.78 is 0. The topological polar surface area (TPSA) is 75.1 Å². The summed E-state index contributed by atoms with van der Waals surface area (Å²) >= 11 is 0. The predicted molar refractivity (Wildman–Crippen MR) is 70.5 cm³/mol. The van der Waals surface area contributed by atoms with Gasteiger partial charge in [-0.05, 0) is 24.1 Å². The number of nitrogens with one attached hydrogen (secondary N) is 1. The van der Waals surface area contributed by atoms with Gasteiger partial charge in [-0.3, -0.25) is 4.79 Å². The Labute approximate surface area is 111 Å². The van der Waals surface area contributed by atoms with Gasteiger partial charge in [-0.25, -0.2) is 0 Å². The van der Waals surface area contributed by atoms with Gasteiger partial charge in [0.25, 0.3) is 5.91 Å². The van der Waals surface area contributed by atoms with E-state index in [4.69, 9.17) is 0 Å². The van der Waals surface area contributed by atoms with Crippen LogP contribution in [0.2, 0.25) is 0 Å². The lowest BCUT2D eigenvalue weighted by molar-refractivity contribution is 0.0915. The van der Waals surface area contributed by atoms with E-state index in [1.807, 2.05) is 31.2 Å². The number of amides is 1. The molecule has 98 valence electrons. The summed E-state index contributed by atoms with van der Waals surface area (Å²) in [6, 6.07) is 9.11. The summed E-state index contributed by atoms with van der Waals surface area (Å²) in [4.78, 5) is 11.8. The Morgan fingerprint density at radius 2 is 2.11 bits per heavy atom. The Bertz CT molecular complexity index is 558. The number of carbonyl (C=O) groups excluding carboxylic acids is 1. The molecule has 0 saturated carbocycles. The zero-order valence-corrected chi connectivity index (χ0v) is 10.6. The van der Waals surface area contributed by atoms with Crippen molar-refractivity contribution in [3.05, 3.63) is 59.4 Å². The van der Waals surface area contributed by atoms with E-state index in [0.29, 0.717) is 5.56 Å². The van der Waals surface area contributed by atoms with Crippen molar-refractivity contribution in [1.82, 2.24) is 15.5 Å². The van der Waals surface area contributed by atoms with E-state index >= 15 is 0 Å². The summed E-state index contributed by atoms with van der Waals surface area (Å²) in [6.07, 6.45) is 2.11. The predicted octanol–water partition coefficient (Wildman–Crippen LogP) is 1.25. The molecular formula is C14H15N3O2. The van der Waals surface area contributed by atoms with E-state index in [9.17, 15) is 9.90 Å². The van der Waals surface area contributed by atoms with E-state index in [2.05, 4.69) is 15.5 Å². The lowest BCUT2D eigenvalue weighted by atomic mass is 10.0. The minimum atomic E-state index is -0.722. The van der Waals surface area contributed by atoms with Crippen LogP contribution in [0.15, 0.2) is 42.7 Å². The van der Waals surface area contributed by atoms with Crippen LogP contribution >= 0.6 is 0 Å². The van der Waals surface area contributed by atoms with Crippen molar-refractivity contribution < 1.29 is 9.90 Å². The molecule has 0 aliphatic carbocycles. The van der Waals surface area contributed by atoms with Crippen molar-refractivity contribution in [1.29, 1.82) is 0 Å². The second-order valence-electron chi connectivity index (χ2n) is 4.21. The first-order chi connectivity index (χ1) is 9.18. The molecule has 1 unspecified atom stereocenters. The number of aliphatic hydroxyl groups is 1. The maximum absolute atomic E-state index is 11.8. The minimum Gasteiger partial charge on any atom is -0.387 e. The molecule has 5 nitrogen and oxygen atoms in total. The molecule has 1 aromatic carbocycles. The van der Waals surface area contributed by atoms with Crippen LogP contribution in [-0.2, 0) is 0 Å². The minimum absolute atomic E-state index is 0.159. The van der Waals surface area contributed by atoms with Crippen LogP contribution in [-0.4, -0.2) is 27.8 Å². The smallest absolute Gasteiger partial charge is 0.253 e. The highest BCUT2D eigenvalue weighted by Gasteiger charge is 2.12. The van der Waals surface area contributed by atoms with Crippen molar-refractivity contribution >= 4 is 5.91 Å². The Morgan fingerprint density at radius 1 is 1.32 bits per heavy atom. The van der Waals surface area contributed by atoms with Gasteiger partial charge in [0.15, 0.2) is 0 Å². The first kappa shape index (κ1) is 13.2. The number of rotatable bonds is 4. The van der Waals surface area contributed by atoms with Crippen molar-refractivity contribution in [2.24, 2.45) is 0 Å². The zero-order valence-electron chi connectivity index (χ0n) is 10.6. The van der Waals surface area contributed by atoms with E-state index in [-0.39, 0.29) is 12.5 Å². The second kappa shape index (κ2) is 6.06. The molecule has 0 aliphatic heterocycles. The fourth-order valence-electron chi connectivity index (χ4n) is 1.79. The molecule has 2 rings (SSSR count). The third kappa shape index (κ3) is 3.35. The van der Waals surface area contributed by atoms with E-state index < -0.39 is 6.10 Å². The van der Waals surface area contributed by atoms with Gasteiger partial charge in [-0.1, -0.05) is 24.3 Å². The number of aryl methyl sites for hydroxylation is 1. The van der Waals surface area contributed by atoms with Crippen molar-refractivity contribution in [2.45, 2.75) is 13.0 Å². The first-order valence-corrected chi connectivity index (χ1v) is 5.97. The molecule has 1 aromatic heterocycles. The van der Waals surface area contributed by atoms with Gasteiger partial charge in [-0.15, -0.1) is 0 Å². The van der Waals surface area contributed by atoms with E-state index in [0.717, 1.165) is 11.1 Å². The third-order valence-corrected chi connectivity index (χ3v) is 2.85. The molecular weight excluding hydrogens is 242 g/mol. The number of hydrogen-bond donors (Lipinski definition) is 2. The second-order valence-corrected chi connectivity index (χ2v) is 4.21. The highest BCUT2D eigenvalue weighted by atomic mass is 16.3. The monoisotopic (exact) mass is 257 g/mol. The van der Waals surface area contributed by atoms with Crippen molar-refractivity contribution in [2.75, 3.05) is 6.54 Å². The average Bonchev–Trinajstić information content (AvgIpc) is 2.46. The van der Waals surface area contributed by atoms with Crippen LogP contribution in [0.4, 0.5) is 0 Å². The van der Waals surface area contributed by atoms with Gasteiger partial charge in [-0.2, -0.15) is 10.2 Å². The SMILES string of the molecule is Cc1ccccc1C(O)CNC(=O)c1ccnnc1. The number of aromatic nitrogens is 2. The molecule has 0 saturated heterocycles. The summed E-state index contributed by atoms with van der Waals surface area (Å²) in [5, 5.41) is 20.0. The summed E-state index contributed by atoms with van der Waals surface area (Å²) in [7, 11) is 0. The molecule has 19 heavy (non-hydrogen) atoms. The molecule has 0 fully saturated rings. The molecule has 1 atom stereocenters. The fourth-order valence-corrected chi connectivity index (χ4v) is 1.79. The maximum atomic E-state index is 11.8. The van der Waals surface area contributed by atoms with Gasteiger partial charge in [0.2, 0.25) is 0 Å². The highest BCUT2D eigenvalue weighted by molar-refractivity contribution is 5.93. The Hall–Kier alpha value is -2.27. The number of carbonyl (C=O) groups is 1. The summed E-state index contributed by atoms with van der Waals surface area (Å²) in [5.74, 6) is -0.275. The van der Waals surface area contributed by atoms with Gasteiger partial charge < -0.3 is 10.4 Å². The molecule has 0 radical (unpaired) electrons. The van der Waals surface area contributed by atoms with Crippen molar-refractivity contribution in [3.63, 3.8) is 0 Å². The first-order valence-electron chi connectivity index (χ1n) is 5.97. The largest absolute Gasteiger partial charge is 0.387 e. The van der Waals surface area contributed by atoms with E-state index in [1.165, 1.54) is 12.4 Å². The van der Waals surface area contributed by atoms with Gasteiger partial charge in [0, 0.05) is 6.54 Å². The molecule has 2 N–H and O–H groups in total. The molecule has 0 spiro atoms. The van der Waals surface area contributed by atoms with Crippen LogP contribution in [0, 0.1) is 6.92 Å². The number of benzene rings is 1. The van der Waals surface area contributed by atoms with Crippen molar-refractivity contribution in [3.8, 4) is 0 Å². The van der Waals surface area contributed by atoms with Crippen LogP contribution in [0.1, 0.15) is 27.6 Å². The molecule has 2 aromatic rings. The quantitative estimate of drug-likeness (QED) is 0.864. The average molecular weight is 257 g/mol. The van der Waals surface area contributed by atoms with Gasteiger partial charge >= 0.3 is 0 Å². The summed E-state index contributed by atoms with van der Waals surface area (Å²) in [5.41, 5.74) is 2.23. The number of aliphatic hydroxyl groups excluding tert-OH is 1. The molecule has 0 bridgehead atoms. The fraction of sp³-hybridized carbons (Fsp3) is 0.214. The maximum Gasteiger partial charge on any atom is 0.253 e. The lowest BCUT2D eigenvalue weighted by Gasteiger charge is -2.14. The Morgan fingerprint density at radius 3 is 2.79 bits per heavy atom. The normalized spacial score (nSPS) is 11.9. The van der Waals surface area contributed by atoms with Gasteiger partial charge in [0.1, 0.15) is 0 Å². The number of hydrogen-bond acceptors (Lipinski definition) is 4. The standard InChI is InChI=1S/C14H15N3O2/c1-10-4-2-3-5-12(10)13(18)9-15-14(19)11-6-7-16-17-8-11/h2-8,13,18H,9H2,1H3,(H,15,19). The van der Waals surface area contributed by atoms with Crippen LogP contribution in [0.5, 0.6) is 0 Å². The molecule has 1 amide bonds. The van der Waals surface area contributed by atoms with Gasteiger partial charge in [0.05, 0.1) is 24.1 Å². The molecule has 5 heteroatoms. The Kier molecular flexibility index (Phi) is 4.20. The van der Waals surface area contributed by atoms with Crippen LogP contribution in [0.3, 0.4) is 0 Å². The third-order valence-electron chi connectivity index (χ3n) is 2.85. The van der Waals surface area contributed by atoms with Crippen LogP contribution < -0.4 is 5.32 Å². The molecule has 1 heterocycles. The Balaban J connectivity index is 1.96. The van der Waals surface area contributed by atoms with Crippen LogP contribution in [0.25, 0.3) is 0 Å².